The third kappa shape index (κ3) is 2.22. The van der Waals surface area contributed by atoms with Crippen molar-refractivity contribution in [3.63, 3.8) is 0 Å². The highest BCUT2D eigenvalue weighted by Crippen LogP contribution is 2.33. The number of phenols is 1. The van der Waals surface area contributed by atoms with Gasteiger partial charge in [0.05, 0.1) is 0 Å². The quantitative estimate of drug-likeness (QED) is 0.817. The van der Waals surface area contributed by atoms with Gasteiger partial charge in [-0.15, -0.1) is 0 Å². The summed E-state index contributed by atoms with van der Waals surface area (Å²) in [5, 5.41) is 10.1. The van der Waals surface area contributed by atoms with Crippen molar-refractivity contribution in [3.05, 3.63) is 27.8 Å². The highest BCUT2D eigenvalue weighted by atomic mass is 16.3. The molecule has 92 valence electrons. The second kappa shape index (κ2) is 5.90. The Bertz CT molecular complexity index is 338. The number of rotatable bonds is 3. The van der Waals surface area contributed by atoms with E-state index in [0.29, 0.717) is 5.75 Å². The summed E-state index contributed by atoms with van der Waals surface area (Å²) in [6, 6.07) is 0. The van der Waals surface area contributed by atoms with E-state index in [1.807, 2.05) is 6.92 Å². The van der Waals surface area contributed by atoms with Gasteiger partial charge in [-0.1, -0.05) is 20.8 Å². The first-order valence-electron chi connectivity index (χ1n) is 5.91. The van der Waals surface area contributed by atoms with Crippen LogP contribution >= 0.6 is 0 Å². The van der Waals surface area contributed by atoms with Crippen LogP contribution < -0.4 is 6.15 Å². The zero-order chi connectivity index (χ0) is 11.6. The van der Waals surface area contributed by atoms with Crippen molar-refractivity contribution in [2.24, 2.45) is 0 Å². The predicted octanol–water partition coefficient (Wildman–Crippen LogP) is 3.86. The number of aromatic hydroxyl groups is 1. The van der Waals surface area contributed by atoms with Crippen molar-refractivity contribution in [1.82, 2.24) is 6.15 Å². The summed E-state index contributed by atoms with van der Waals surface area (Å²) in [7, 11) is 0. The van der Waals surface area contributed by atoms with E-state index in [4.69, 9.17) is 0 Å². The lowest BCUT2D eigenvalue weighted by Crippen LogP contribution is -2.03. The molecule has 0 spiro atoms. The lowest BCUT2D eigenvalue weighted by molar-refractivity contribution is 0.462. The van der Waals surface area contributed by atoms with Crippen LogP contribution in [0.2, 0.25) is 0 Å². The summed E-state index contributed by atoms with van der Waals surface area (Å²) in [4.78, 5) is 0. The largest absolute Gasteiger partial charge is 0.507 e. The molecule has 1 rings (SSSR count). The van der Waals surface area contributed by atoms with E-state index in [-0.39, 0.29) is 6.15 Å². The molecule has 0 unspecified atom stereocenters. The molecule has 0 atom stereocenters. The van der Waals surface area contributed by atoms with Crippen molar-refractivity contribution in [3.8, 4) is 5.75 Å². The highest BCUT2D eigenvalue weighted by Gasteiger charge is 2.15. The monoisotopic (exact) mass is 223 g/mol. The third-order valence-electron chi connectivity index (χ3n) is 3.45. The summed E-state index contributed by atoms with van der Waals surface area (Å²) in [6.07, 6.45) is 2.99. The Morgan fingerprint density at radius 3 is 1.56 bits per heavy atom. The molecule has 2 heteroatoms. The molecule has 0 aliphatic carbocycles. The second-order valence-electron chi connectivity index (χ2n) is 4.09. The van der Waals surface area contributed by atoms with E-state index in [2.05, 4.69) is 27.7 Å². The lowest BCUT2D eigenvalue weighted by Gasteiger charge is -2.19. The fraction of sp³-hybridized carbons (Fsp3) is 0.571. The van der Waals surface area contributed by atoms with Crippen LogP contribution in [0, 0.1) is 13.8 Å². The first kappa shape index (κ1) is 15.0. The van der Waals surface area contributed by atoms with Crippen LogP contribution in [0.1, 0.15) is 48.6 Å². The van der Waals surface area contributed by atoms with E-state index in [1.54, 1.807) is 0 Å². The molecule has 0 aliphatic rings. The molecule has 0 fully saturated rings. The van der Waals surface area contributed by atoms with Gasteiger partial charge in [0.25, 0.3) is 0 Å². The minimum atomic E-state index is 0. The molecule has 0 amide bonds. The highest BCUT2D eigenvalue weighted by molar-refractivity contribution is 5.54. The molecular formula is C14H25NO. The minimum Gasteiger partial charge on any atom is -0.507 e. The summed E-state index contributed by atoms with van der Waals surface area (Å²) < 4.78 is 0. The number of benzene rings is 1. The Morgan fingerprint density at radius 2 is 1.19 bits per heavy atom. The summed E-state index contributed by atoms with van der Waals surface area (Å²) in [5.74, 6) is 0.518. The van der Waals surface area contributed by atoms with Gasteiger partial charge in [-0.2, -0.15) is 0 Å². The van der Waals surface area contributed by atoms with E-state index in [9.17, 15) is 5.11 Å². The van der Waals surface area contributed by atoms with Gasteiger partial charge in [0.1, 0.15) is 5.75 Å². The van der Waals surface area contributed by atoms with Gasteiger partial charge in [-0.3, -0.25) is 0 Å². The van der Waals surface area contributed by atoms with Crippen molar-refractivity contribution in [2.45, 2.75) is 53.9 Å². The molecule has 0 saturated heterocycles. The number of phenolic OH excluding ortho intramolecular Hbond substituents is 1. The van der Waals surface area contributed by atoms with E-state index in [1.165, 1.54) is 16.7 Å². The fourth-order valence-electron chi connectivity index (χ4n) is 2.47. The molecule has 0 heterocycles. The SMILES string of the molecule is CCc1c(C)c(C)c(O)c(CC)c1CC.N. The van der Waals surface area contributed by atoms with Crippen LogP contribution in [-0.2, 0) is 19.3 Å². The average Bonchev–Trinajstić information content (AvgIpc) is 2.25. The van der Waals surface area contributed by atoms with Crippen LogP contribution in [0.25, 0.3) is 0 Å². The summed E-state index contributed by atoms with van der Waals surface area (Å²) >= 11 is 0. The molecule has 1 aromatic carbocycles. The van der Waals surface area contributed by atoms with Crippen LogP contribution in [0.3, 0.4) is 0 Å². The predicted molar refractivity (Wildman–Crippen MR) is 70.7 cm³/mol. The van der Waals surface area contributed by atoms with E-state index in [0.717, 1.165) is 30.4 Å². The normalized spacial score (nSPS) is 10.1. The molecule has 0 aliphatic heterocycles. The Morgan fingerprint density at radius 1 is 0.750 bits per heavy atom. The molecule has 0 bridgehead atoms. The van der Waals surface area contributed by atoms with Gasteiger partial charge >= 0.3 is 0 Å². The van der Waals surface area contributed by atoms with Crippen LogP contribution in [-0.4, -0.2) is 5.11 Å². The molecular weight excluding hydrogens is 198 g/mol. The van der Waals surface area contributed by atoms with E-state index < -0.39 is 0 Å². The zero-order valence-corrected chi connectivity index (χ0v) is 11.3. The van der Waals surface area contributed by atoms with Gasteiger partial charge in [-0.25, -0.2) is 0 Å². The lowest BCUT2D eigenvalue weighted by atomic mass is 9.88. The van der Waals surface area contributed by atoms with Crippen molar-refractivity contribution < 1.29 is 5.11 Å². The maximum absolute atomic E-state index is 10.1. The maximum atomic E-state index is 10.1. The number of hydrogen-bond donors (Lipinski definition) is 2. The molecule has 2 nitrogen and oxygen atoms in total. The molecule has 16 heavy (non-hydrogen) atoms. The first-order chi connectivity index (χ1) is 7.08. The second-order valence-corrected chi connectivity index (χ2v) is 4.09. The Kier molecular flexibility index (Phi) is 5.52. The minimum absolute atomic E-state index is 0. The number of hydrogen-bond acceptors (Lipinski definition) is 2. The molecule has 4 N–H and O–H groups in total. The van der Waals surface area contributed by atoms with Gasteiger partial charge in [-0.05, 0) is 60.9 Å². The van der Waals surface area contributed by atoms with Gasteiger partial charge in [0.15, 0.2) is 0 Å². The summed E-state index contributed by atoms with van der Waals surface area (Å²) in [6.45, 7) is 10.6. The van der Waals surface area contributed by atoms with E-state index >= 15 is 0 Å². The van der Waals surface area contributed by atoms with Crippen molar-refractivity contribution in [1.29, 1.82) is 0 Å². The molecule has 1 aromatic rings. The average molecular weight is 223 g/mol. The van der Waals surface area contributed by atoms with Crippen LogP contribution in [0.4, 0.5) is 0 Å². The van der Waals surface area contributed by atoms with Gasteiger partial charge < -0.3 is 11.3 Å². The van der Waals surface area contributed by atoms with Gasteiger partial charge in [0.2, 0.25) is 0 Å². The topological polar surface area (TPSA) is 55.2 Å². The Balaban J connectivity index is 0.00000225. The maximum Gasteiger partial charge on any atom is 0.122 e. The molecule has 0 aromatic heterocycles. The van der Waals surface area contributed by atoms with Crippen LogP contribution in [0.5, 0.6) is 5.75 Å². The van der Waals surface area contributed by atoms with Crippen LogP contribution in [0.15, 0.2) is 0 Å². The smallest absolute Gasteiger partial charge is 0.122 e. The third-order valence-corrected chi connectivity index (χ3v) is 3.45. The van der Waals surface area contributed by atoms with Crippen molar-refractivity contribution >= 4 is 0 Å². The standard InChI is InChI=1S/C14H22O.H3N/c1-6-11-9(4)10(5)14(15)13(8-3)12(11)7-2;/h15H,6-8H2,1-5H3;1H3. The fourth-order valence-corrected chi connectivity index (χ4v) is 2.47. The summed E-state index contributed by atoms with van der Waals surface area (Å²) in [5.41, 5.74) is 6.27. The molecule has 0 radical (unpaired) electrons. The Hall–Kier alpha value is -1.02. The zero-order valence-electron chi connectivity index (χ0n) is 11.3. The molecule has 0 saturated carbocycles. The van der Waals surface area contributed by atoms with Gasteiger partial charge in [0, 0.05) is 0 Å². The first-order valence-corrected chi connectivity index (χ1v) is 5.91. The van der Waals surface area contributed by atoms with Crippen molar-refractivity contribution in [2.75, 3.05) is 0 Å². The Labute approximate surface area is 99.3 Å².